The number of fused-ring (bicyclic) bond motifs is 1. The van der Waals surface area contributed by atoms with Gasteiger partial charge in [-0.2, -0.15) is 0 Å². The van der Waals surface area contributed by atoms with Crippen molar-refractivity contribution in [2.24, 2.45) is 5.41 Å². The van der Waals surface area contributed by atoms with Crippen molar-refractivity contribution in [2.75, 3.05) is 26.7 Å². The van der Waals surface area contributed by atoms with Gasteiger partial charge >= 0.3 is 0 Å². The molecule has 0 fully saturated rings. The number of nitrogens with one attached hydrogen (secondary N) is 2. The van der Waals surface area contributed by atoms with Gasteiger partial charge in [-0.1, -0.05) is 18.1 Å². The average Bonchev–Trinajstić information content (AvgIpc) is 2.78. The molecule has 112 valence electrons. The van der Waals surface area contributed by atoms with E-state index in [1.807, 2.05) is 11.1 Å². The fraction of sp³-hybridized carbons (Fsp3) is 0.778. The van der Waals surface area contributed by atoms with E-state index in [1.54, 1.807) is 11.1 Å². The normalized spacial score (nSPS) is 24.9. The fourth-order valence-electron chi connectivity index (χ4n) is 4.84. The molecule has 0 amide bonds. The van der Waals surface area contributed by atoms with E-state index in [4.69, 9.17) is 0 Å². The second-order valence-corrected chi connectivity index (χ2v) is 6.72. The molecule has 0 aromatic carbocycles. The van der Waals surface area contributed by atoms with E-state index >= 15 is 0 Å². The molecule has 2 N–H and O–H groups in total. The van der Waals surface area contributed by atoms with Gasteiger partial charge in [0.05, 0.1) is 0 Å². The first-order valence-corrected chi connectivity index (χ1v) is 8.64. The van der Waals surface area contributed by atoms with Gasteiger partial charge in [0, 0.05) is 18.5 Å². The van der Waals surface area contributed by atoms with Gasteiger partial charge in [0.25, 0.3) is 0 Å². The SMILES string of the molecule is CCNCC1(CNC)C2=C(CCCC2)C2=C1CCCC2. The smallest absolute Gasteiger partial charge is 0.0381 e. The van der Waals surface area contributed by atoms with Crippen LogP contribution < -0.4 is 10.6 Å². The Morgan fingerprint density at radius 3 is 1.90 bits per heavy atom. The van der Waals surface area contributed by atoms with Crippen LogP contribution in [0.1, 0.15) is 58.3 Å². The molecule has 2 heteroatoms. The summed E-state index contributed by atoms with van der Waals surface area (Å²) in [6.07, 6.45) is 11.0. The van der Waals surface area contributed by atoms with Crippen LogP contribution in [0.15, 0.2) is 22.3 Å². The van der Waals surface area contributed by atoms with Crippen molar-refractivity contribution in [1.82, 2.24) is 10.6 Å². The van der Waals surface area contributed by atoms with Crippen LogP contribution >= 0.6 is 0 Å². The summed E-state index contributed by atoms with van der Waals surface area (Å²) in [6.45, 7) is 5.57. The summed E-state index contributed by atoms with van der Waals surface area (Å²) in [6, 6.07) is 0. The maximum absolute atomic E-state index is 3.67. The van der Waals surface area contributed by atoms with Gasteiger partial charge in [-0.05, 0) is 76.1 Å². The summed E-state index contributed by atoms with van der Waals surface area (Å²) in [7, 11) is 2.12. The zero-order chi connectivity index (χ0) is 14.0. The van der Waals surface area contributed by atoms with Crippen molar-refractivity contribution < 1.29 is 0 Å². The van der Waals surface area contributed by atoms with E-state index in [2.05, 4.69) is 24.6 Å². The minimum atomic E-state index is 0.316. The van der Waals surface area contributed by atoms with Crippen LogP contribution in [0, 0.1) is 5.41 Å². The third-order valence-electron chi connectivity index (χ3n) is 5.61. The average molecular weight is 274 g/mol. The second-order valence-electron chi connectivity index (χ2n) is 6.72. The largest absolute Gasteiger partial charge is 0.319 e. The molecule has 0 saturated heterocycles. The Morgan fingerprint density at radius 2 is 1.40 bits per heavy atom. The quantitative estimate of drug-likeness (QED) is 0.801. The lowest BCUT2D eigenvalue weighted by Gasteiger charge is -2.38. The first-order chi connectivity index (χ1) is 9.83. The third-order valence-corrected chi connectivity index (χ3v) is 5.61. The first kappa shape index (κ1) is 14.3. The van der Waals surface area contributed by atoms with E-state index in [0.29, 0.717) is 5.41 Å². The highest BCUT2D eigenvalue weighted by molar-refractivity contribution is 5.56. The van der Waals surface area contributed by atoms with E-state index in [-0.39, 0.29) is 0 Å². The predicted molar refractivity (Wildman–Crippen MR) is 85.9 cm³/mol. The first-order valence-electron chi connectivity index (χ1n) is 8.64. The van der Waals surface area contributed by atoms with Crippen molar-refractivity contribution in [3.05, 3.63) is 22.3 Å². The lowest BCUT2D eigenvalue weighted by molar-refractivity contribution is 0.356. The highest BCUT2D eigenvalue weighted by atomic mass is 14.9. The fourth-order valence-corrected chi connectivity index (χ4v) is 4.84. The van der Waals surface area contributed by atoms with Gasteiger partial charge in [-0.25, -0.2) is 0 Å². The van der Waals surface area contributed by atoms with Crippen molar-refractivity contribution in [3.63, 3.8) is 0 Å². The Bertz CT molecular complexity index is 399. The highest BCUT2D eigenvalue weighted by Gasteiger charge is 2.46. The minimum absolute atomic E-state index is 0.316. The molecule has 3 rings (SSSR count). The van der Waals surface area contributed by atoms with Gasteiger partial charge < -0.3 is 10.6 Å². The van der Waals surface area contributed by atoms with Gasteiger partial charge in [0.2, 0.25) is 0 Å². The number of hydrogen-bond acceptors (Lipinski definition) is 2. The lowest BCUT2D eigenvalue weighted by Crippen LogP contribution is -2.44. The maximum atomic E-state index is 3.67. The predicted octanol–water partition coefficient (Wildman–Crippen LogP) is 3.56. The van der Waals surface area contributed by atoms with Crippen molar-refractivity contribution in [2.45, 2.75) is 58.3 Å². The molecule has 0 aliphatic heterocycles. The third kappa shape index (κ3) is 2.17. The summed E-state index contributed by atoms with van der Waals surface area (Å²) < 4.78 is 0. The molecule has 0 aromatic rings. The summed E-state index contributed by atoms with van der Waals surface area (Å²) in [5.74, 6) is 0. The molecule has 20 heavy (non-hydrogen) atoms. The number of hydrogen-bond donors (Lipinski definition) is 2. The van der Waals surface area contributed by atoms with Crippen molar-refractivity contribution in [3.8, 4) is 0 Å². The second kappa shape index (κ2) is 6.03. The van der Waals surface area contributed by atoms with E-state index < -0.39 is 0 Å². The van der Waals surface area contributed by atoms with Crippen LogP contribution in [0.2, 0.25) is 0 Å². The molecule has 0 heterocycles. The molecule has 0 radical (unpaired) electrons. The molecule has 0 saturated carbocycles. The van der Waals surface area contributed by atoms with Gasteiger partial charge in [0.1, 0.15) is 0 Å². The molecule has 0 bridgehead atoms. The minimum Gasteiger partial charge on any atom is -0.319 e. The van der Waals surface area contributed by atoms with Gasteiger partial charge in [0.15, 0.2) is 0 Å². The summed E-state index contributed by atoms with van der Waals surface area (Å²) in [5, 5.41) is 7.19. The Balaban J connectivity index is 2.03. The molecule has 2 nitrogen and oxygen atoms in total. The van der Waals surface area contributed by atoms with Crippen LogP contribution in [0.5, 0.6) is 0 Å². The van der Waals surface area contributed by atoms with E-state index in [0.717, 1.165) is 19.6 Å². The lowest BCUT2D eigenvalue weighted by atomic mass is 9.71. The molecule has 3 aliphatic rings. The van der Waals surface area contributed by atoms with E-state index in [9.17, 15) is 0 Å². The highest BCUT2D eigenvalue weighted by Crippen LogP contribution is 2.56. The molecular weight excluding hydrogens is 244 g/mol. The molecule has 3 aliphatic carbocycles. The molecule has 0 spiro atoms. The zero-order valence-electron chi connectivity index (χ0n) is 13.3. The molecular formula is C18H30N2. The Kier molecular flexibility index (Phi) is 4.32. The molecule has 0 atom stereocenters. The van der Waals surface area contributed by atoms with Crippen LogP contribution in [-0.2, 0) is 0 Å². The topological polar surface area (TPSA) is 24.1 Å². The van der Waals surface area contributed by atoms with Crippen LogP contribution in [-0.4, -0.2) is 26.7 Å². The standard InChI is InChI=1S/C18H30N2/c1-3-20-13-18(12-19-2)16-10-6-4-8-14(16)15-9-5-7-11-17(15)18/h19-20H,3-13H2,1-2H3. The zero-order valence-corrected chi connectivity index (χ0v) is 13.3. The van der Waals surface area contributed by atoms with Gasteiger partial charge in [-0.3, -0.25) is 0 Å². The van der Waals surface area contributed by atoms with Crippen LogP contribution in [0.3, 0.4) is 0 Å². The van der Waals surface area contributed by atoms with E-state index in [1.165, 1.54) is 51.4 Å². The summed E-state index contributed by atoms with van der Waals surface area (Å²) in [4.78, 5) is 0. The monoisotopic (exact) mass is 274 g/mol. The Labute approximate surface area is 124 Å². The number of rotatable bonds is 5. The Hall–Kier alpha value is -0.600. The van der Waals surface area contributed by atoms with Gasteiger partial charge in [-0.15, -0.1) is 0 Å². The molecule has 0 unspecified atom stereocenters. The summed E-state index contributed by atoms with van der Waals surface area (Å²) >= 11 is 0. The van der Waals surface area contributed by atoms with Crippen LogP contribution in [0.25, 0.3) is 0 Å². The number of allylic oxidation sites excluding steroid dienone is 2. The van der Waals surface area contributed by atoms with Crippen molar-refractivity contribution in [1.29, 1.82) is 0 Å². The molecule has 0 aromatic heterocycles. The maximum Gasteiger partial charge on any atom is 0.0381 e. The summed E-state index contributed by atoms with van der Waals surface area (Å²) in [5.41, 5.74) is 7.52. The van der Waals surface area contributed by atoms with Crippen LogP contribution in [0.4, 0.5) is 0 Å². The Morgan fingerprint density at radius 1 is 0.850 bits per heavy atom. The van der Waals surface area contributed by atoms with Crippen molar-refractivity contribution >= 4 is 0 Å².